The van der Waals surface area contributed by atoms with Gasteiger partial charge in [0.15, 0.2) is 0 Å². The summed E-state index contributed by atoms with van der Waals surface area (Å²) in [6.07, 6.45) is 7.02. The Labute approximate surface area is 165 Å². The van der Waals surface area contributed by atoms with Gasteiger partial charge in [0.25, 0.3) is 0 Å². The van der Waals surface area contributed by atoms with Gasteiger partial charge in [0, 0.05) is 19.6 Å². The van der Waals surface area contributed by atoms with E-state index in [9.17, 15) is 9.59 Å². The van der Waals surface area contributed by atoms with Gasteiger partial charge in [0.1, 0.15) is 11.4 Å². The van der Waals surface area contributed by atoms with Gasteiger partial charge in [-0.3, -0.25) is 9.59 Å². The molecule has 0 radical (unpaired) electrons. The molecule has 4 aliphatic rings. The zero-order valence-corrected chi connectivity index (χ0v) is 16.2. The van der Waals surface area contributed by atoms with Gasteiger partial charge >= 0.3 is 0 Å². The lowest BCUT2D eigenvalue weighted by Crippen LogP contribution is -2.47. The molecular weight excluding hydrogens is 356 g/mol. The molecule has 0 unspecified atom stereocenters. The number of nitrogens with zero attached hydrogens (tertiary/aromatic N) is 2. The van der Waals surface area contributed by atoms with E-state index in [1.54, 1.807) is 7.11 Å². The molecule has 2 amide bonds. The molecule has 4 heterocycles. The minimum Gasteiger partial charge on any atom is -0.497 e. The summed E-state index contributed by atoms with van der Waals surface area (Å²) in [4.78, 5) is 30.4. The summed E-state index contributed by atoms with van der Waals surface area (Å²) in [5, 5.41) is 0. The first-order chi connectivity index (χ1) is 13.6. The molecule has 0 aliphatic carbocycles. The van der Waals surface area contributed by atoms with E-state index >= 15 is 0 Å². The third-order valence-electron chi connectivity index (χ3n) is 6.64. The number of fused-ring (bicyclic) bond motifs is 1. The van der Waals surface area contributed by atoms with E-state index in [-0.39, 0.29) is 23.8 Å². The average molecular weight is 382 g/mol. The first-order valence-electron chi connectivity index (χ1n) is 10.2. The lowest BCUT2D eigenvalue weighted by atomic mass is 9.76. The normalized spacial score (nSPS) is 33.5. The number of carbonyl (C=O) groups excluding carboxylic acids is 2. The van der Waals surface area contributed by atoms with Crippen molar-refractivity contribution in [2.45, 2.75) is 37.5 Å². The molecule has 3 saturated heterocycles. The van der Waals surface area contributed by atoms with E-state index in [0.29, 0.717) is 13.1 Å². The maximum Gasteiger partial charge on any atom is 0.230 e. The number of benzene rings is 1. The fraction of sp³-hybridized carbons (Fsp3) is 0.545. The van der Waals surface area contributed by atoms with Gasteiger partial charge < -0.3 is 19.3 Å². The highest BCUT2D eigenvalue weighted by molar-refractivity contribution is 5.93. The molecule has 4 atom stereocenters. The van der Waals surface area contributed by atoms with Gasteiger partial charge in [-0.25, -0.2) is 0 Å². The Hall–Kier alpha value is -2.34. The van der Waals surface area contributed by atoms with Gasteiger partial charge in [-0.15, -0.1) is 0 Å². The highest BCUT2D eigenvalue weighted by atomic mass is 16.5. The van der Waals surface area contributed by atoms with Crippen molar-refractivity contribution in [3.63, 3.8) is 0 Å². The molecule has 4 aliphatic heterocycles. The summed E-state index contributed by atoms with van der Waals surface area (Å²) in [6, 6.07) is 7.76. The van der Waals surface area contributed by atoms with E-state index in [2.05, 4.69) is 0 Å². The van der Waals surface area contributed by atoms with Gasteiger partial charge in [0.05, 0.1) is 31.6 Å². The molecule has 2 bridgehead atoms. The van der Waals surface area contributed by atoms with Gasteiger partial charge in [0.2, 0.25) is 11.8 Å². The predicted molar refractivity (Wildman–Crippen MR) is 103 cm³/mol. The largest absolute Gasteiger partial charge is 0.497 e. The molecule has 1 aromatic carbocycles. The first kappa shape index (κ1) is 17.7. The fourth-order valence-electron chi connectivity index (χ4n) is 5.31. The second-order valence-corrected chi connectivity index (χ2v) is 8.33. The van der Waals surface area contributed by atoms with Crippen LogP contribution in [-0.2, 0) is 20.9 Å². The molecule has 3 fully saturated rings. The second-order valence-electron chi connectivity index (χ2n) is 8.33. The molecular formula is C22H26N2O4. The van der Waals surface area contributed by atoms with E-state index in [0.717, 1.165) is 37.2 Å². The summed E-state index contributed by atoms with van der Waals surface area (Å²) < 4.78 is 11.5. The third-order valence-corrected chi connectivity index (χ3v) is 6.64. The quantitative estimate of drug-likeness (QED) is 0.748. The summed E-state index contributed by atoms with van der Waals surface area (Å²) in [6.45, 7) is 2.60. The molecule has 5 rings (SSSR count). The molecule has 0 N–H and O–H groups in total. The molecule has 6 nitrogen and oxygen atoms in total. The van der Waals surface area contributed by atoms with E-state index in [4.69, 9.17) is 9.47 Å². The SMILES string of the molecule is COc1cccc(CN2C[C@]34C=C[C@H](O3)[C@@H](C(=O)N3CCCCC3)[C@H]4C2=O)c1. The Morgan fingerprint density at radius 1 is 1.29 bits per heavy atom. The Morgan fingerprint density at radius 3 is 2.89 bits per heavy atom. The van der Waals surface area contributed by atoms with Crippen LogP contribution in [0.3, 0.4) is 0 Å². The van der Waals surface area contributed by atoms with Crippen molar-refractivity contribution in [1.82, 2.24) is 9.80 Å². The number of piperidine rings is 1. The van der Waals surface area contributed by atoms with Crippen LogP contribution in [0.15, 0.2) is 36.4 Å². The third kappa shape index (κ3) is 2.65. The summed E-state index contributed by atoms with van der Waals surface area (Å²) in [5.74, 6) is 0.119. The van der Waals surface area contributed by atoms with Crippen LogP contribution in [-0.4, -0.2) is 60.1 Å². The highest BCUT2D eigenvalue weighted by Gasteiger charge is 2.67. The molecule has 0 aromatic heterocycles. The van der Waals surface area contributed by atoms with Crippen molar-refractivity contribution in [2.75, 3.05) is 26.7 Å². The van der Waals surface area contributed by atoms with Crippen molar-refractivity contribution in [2.24, 2.45) is 11.8 Å². The van der Waals surface area contributed by atoms with Crippen LogP contribution < -0.4 is 4.74 Å². The predicted octanol–water partition coefficient (Wildman–Crippen LogP) is 1.99. The number of rotatable bonds is 4. The lowest BCUT2D eigenvalue weighted by molar-refractivity contribution is -0.144. The fourth-order valence-corrected chi connectivity index (χ4v) is 5.31. The first-order valence-corrected chi connectivity index (χ1v) is 10.2. The summed E-state index contributed by atoms with van der Waals surface area (Å²) in [5.41, 5.74) is 0.373. The number of likely N-dealkylation sites (tertiary alicyclic amines) is 2. The van der Waals surface area contributed by atoms with Crippen LogP contribution in [0.2, 0.25) is 0 Å². The molecule has 28 heavy (non-hydrogen) atoms. The second kappa shape index (κ2) is 6.62. The minimum atomic E-state index is -0.642. The minimum absolute atomic E-state index is 0.0324. The number of ether oxygens (including phenoxy) is 2. The zero-order valence-electron chi connectivity index (χ0n) is 16.2. The Bertz CT molecular complexity index is 832. The van der Waals surface area contributed by atoms with Gasteiger partial charge in [-0.1, -0.05) is 24.3 Å². The standard InChI is InChI=1S/C22H26N2O4/c1-27-16-7-5-6-15(12-16)13-24-14-22-9-8-17(28-22)18(19(22)21(24)26)20(25)23-10-3-2-4-11-23/h5-9,12,17-19H,2-4,10-11,13-14H2,1H3/t17-,18+,19-,22-/m0/s1. The van der Waals surface area contributed by atoms with Crippen molar-refractivity contribution in [3.05, 3.63) is 42.0 Å². The number of hydrogen-bond acceptors (Lipinski definition) is 4. The Morgan fingerprint density at radius 2 is 2.11 bits per heavy atom. The van der Waals surface area contributed by atoms with Crippen LogP contribution in [0.5, 0.6) is 5.75 Å². The maximum atomic E-state index is 13.3. The average Bonchev–Trinajstić information content (AvgIpc) is 3.37. The van der Waals surface area contributed by atoms with Crippen LogP contribution in [0.25, 0.3) is 0 Å². The molecule has 1 spiro atoms. The Balaban J connectivity index is 1.38. The molecule has 6 heteroatoms. The number of carbonyl (C=O) groups is 2. The van der Waals surface area contributed by atoms with E-state index in [1.807, 2.05) is 46.2 Å². The topological polar surface area (TPSA) is 59.1 Å². The van der Waals surface area contributed by atoms with Crippen LogP contribution in [0.1, 0.15) is 24.8 Å². The van der Waals surface area contributed by atoms with E-state index < -0.39 is 11.5 Å². The summed E-state index contributed by atoms with van der Waals surface area (Å²) in [7, 11) is 1.64. The smallest absolute Gasteiger partial charge is 0.230 e. The van der Waals surface area contributed by atoms with Crippen LogP contribution in [0.4, 0.5) is 0 Å². The van der Waals surface area contributed by atoms with Crippen LogP contribution >= 0.6 is 0 Å². The number of hydrogen-bond donors (Lipinski definition) is 0. The van der Waals surface area contributed by atoms with Crippen molar-refractivity contribution in [3.8, 4) is 5.75 Å². The van der Waals surface area contributed by atoms with Crippen molar-refractivity contribution >= 4 is 11.8 Å². The Kier molecular flexibility index (Phi) is 4.19. The van der Waals surface area contributed by atoms with Crippen molar-refractivity contribution in [1.29, 1.82) is 0 Å². The molecule has 1 aromatic rings. The monoisotopic (exact) mass is 382 g/mol. The lowest BCUT2D eigenvalue weighted by Gasteiger charge is -2.32. The van der Waals surface area contributed by atoms with E-state index in [1.165, 1.54) is 6.42 Å². The van der Waals surface area contributed by atoms with Gasteiger partial charge in [-0.2, -0.15) is 0 Å². The summed E-state index contributed by atoms with van der Waals surface area (Å²) >= 11 is 0. The number of amides is 2. The van der Waals surface area contributed by atoms with Crippen molar-refractivity contribution < 1.29 is 19.1 Å². The highest BCUT2D eigenvalue weighted by Crippen LogP contribution is 2.52. The van der Waals surface area contributed by atoms with Crippen LogP contribution in [0, 0.1) is 11.8 Å². The molecule has 0 saturated carbocycles. The zero-order chi connectivity index (χ0) is 19.3. The maximum absolute atomic E-state index is 13.3. The molecule has 148 valence electrons. The van der Waals surface area contributed by atoms with Gasteiger partial charge in [-0.05, 0) is 37.0 Å². The number of methoxy groups -OCH3 is 1.